The van der Waals surface area contributed by atoms with Crippen molar-refractivity contribution in [2.45, 2.75) is 12.5 Å². The highest BCUT2D eigenvalue weighted by molar-refractivity contribution is 6.30. The minimum atomic E-state index is 0.318. The van der Waals surface area contributed by atoms with Crippen molar-refractivity contribution in [3.8, 4) is 0 Å². The molecule has 0 spiro atoms. The monoisotopic (exact) mass is 195 g/mol. The van der Waals surface area contributed by atoms with E-state index < -0.39 is 0 Å². The molecule has 0 aromatic heterocycles. The molecule has 1 nitrogen and oxygen atoms in total. The SMILES string of the molecule is C=CC(Cc1cccc(Cl)c1)NC. The summed E-state index contributed by atoms with van der Waals surface area (Å²) >= 11 is 5.87. The van der Waals surface area contributed by atoms with E-state index in [4.69, 9.17) is 11.6 Å². The molecule has 1 atom stereocenters. The largest absolute Gasteiger partial charge is 0.313 e. The van der Waals surface area contributed by atoms with Crippen LogP contribution in [0.2, 0.25) is 5.02 Å². The average Bonchev–Trinajstić information content (AvgIpc) is 2.14. The van der Waals surface area contributed by atoms with Crippen LogP contribution in [0.4, 0.5) is 0 Å². The van der Waals surface area contributed by atoms with Crippen LogP contribution in [0.15, 0.2) is 36.9 Å². The molecule has 0 fully saturated rings. The second kappa shape index (κ2) is 5.05. The molecule has 0 saturated carbocycles. The zero-order valence-electron chi connectivity index (χ0n) is 7.76. The molecule has 70 valence electrons. The third-order valence-corrected chi connectivity index (χ3v) is 2.24. The Morgan fingerprint density at radius 2 is 2.38 bits per heavy atom. The fourth-order valence-electron chi connectivity index (χ4n) is 1.22. The smallest absolute Gasteiger partial charge is 0.0408 e. The molecule has 1 N–H and O–H groups in total. The van der Waals surface area contributed by atoms with Gasteiger partial charge in [-0.05, 0) is 31.2 Å². The van der Waals surface area contributed by atoms with Crippen molar-refractivity contribution in [1.29, 1.82) is 0 Å². The van der Waals surface area contributed by atoms with Crippen LogP contribution in [-0.4, -0.2) is 13.1 Å². The van der Waals surface area contributed by atoms with Gasteiger partial charge in [0.1, 0.15) is 0 Å². The van der Waals surface area contributed by atoms with Crippen LogP contribution < -0.4 is 5.32 Å². The van der Waals surface area contributed by atoms with E-state index in [0.717, 1.165) is 11.4 Å². The maximum Gasteiger partial charge on any atom is 0.0408 e. The van der Waals surface area contributed by atoms with Gasteiger partial charge in [-0.25, -0.2) is 0 Å². The number of rotatable bonds is 4. The third-order valence-electron chi connectivity index (χ3n) is 2.00. The van der Waals surface area contributed by atoms with Gasteiger partial charge in [0.25, 0.3) is 0 Å². The van der Waals surface area contributed by atoms with E-state index in [9.17, 15) is 0 Å². The second-order valence-corrected chi connectivity index (χ2v) is 3.40. The second-order valence-electron chi connectivity index (χ2n) is 2.96. The van der Waals surface area contributed by atoms with Crippen molar-refractivity contribution in [2.24, 2.45) is 0 Å². The summed E-state index contributed by atoms with van der Waals surface area (Å²) in [7, 11) is 1.93. The van der Waals surface area contributed by atoms with Gasteiger partial charge in [0.15, 0.2) is 0 Å². The van der Waals surface area contributed by atoms with E-state index in [1.165, 1.54) is 5.56 Å². The molecule has 0 heterocycles. The van der Waals surface area contributed by atoms with Crippen LogP contribution in [0.5, 0.6) is 0 Å². The van der Waals surface area contributed by atoms with Crippen LogP contribution in [0.3, 0.4) is 0 Å². The molecule has 0 amide bonds. The first-order chi connectivity index (χ1) is 6.26. The summed E-state index contributed by atoms with van der Waals surface area (Å²) < 4.78 is 0. The number of halogens is 1. The van der Waals surface area contributed by atoms with Gasteiger partial charge in [0.2, 0.25) is 0 Å². The highest BCUT2D eigenvalue weighted by Gasteiger charge is 2.01. The van der Waals surface area contributed by atoms with Crippen molar-refractivity contribution >= 4 is 11.6 Å². The van der Waals surface area contributed by atoms with Gasteiger partial charge in [-0.3, -0.25) is 0 Å². The van der Waals surface area contributed by atoms with E-state index >= 15 is 0 Å². The van der Waals surface area contributed by atoms with E-state index in [1.807, 2.05) is 31.3 Å². The van der Waals surface area contributed by atoms with E-state index in [2.05, 4.69) is 18.0 Å². The summed E-state index contributed by atoms with van der Waals surface area (Å²) in [5.41, 5.74) is 1.23. The van der Waals surface area contributed by atoms with E-state index in [0.29, 0.717) is 6.04 Å². The molecule has 2 heteroatoms. The molecule has 1 aromatic rings. The van der Waals surface area contributed by atoms with E-state index in [-0.39, 0.29) is 0 Å². The zero-order chi connectivity index (χ0) is 9.68. The normalized spacial score (nSPS) is 12.5. The number of benzene rings is 1. The molecule has 0 saturated heterocycles. The molecular formula is C11H14ClN. The van der Waals surface area contributed by atoms with Gasteiger partial charge in [-0.1, -0.05) is 29.8 Å². The Morgan fingerprint density at radius 3 is 2.92 bits per heavy atom. The lowest BCUT2D eigenvalue weighted by Gasteiger charge is -2.10. The summed E-state index contributed by atoms with van der Waals surface area (Å²) in [6, 6.07) is 8.22. The van der Waals surface area contributed by atoms with Gasteiger partial charge in [-0.2, -0.15) is 0 Å². The number of likely N-dealkylation sites (N-methyl/N-ethyl adjacent to an activating group) is 1. The lowest BCUT2D eigenvalue weighted by Crippen LogP contribution is -2.24. The molecule has 1 aromatic carbocycles. The molecular weight excluding hydrogens is 182 g/mol. The highest BCUT2D eigenvalue weighted by Crippen LogP contribution is 2.12. The maximum atomic E-state index is 5.87. The first-order valence-corrected chi connectivity index (χ1v) is 4.68. The molecule has 1 rings (SSSR count). The predicted molar refractivity (Wildman–Crippen MR) is 58.2 cm³/mol. The number of hydrogen-bond acceptors (Lipinski definition) is 1. The minimum Gasteiger partial charge on any atom is -0.313 e. The average molecular weight is 196 g/mol. The Bertz CT molecular complexity index is 283. The van der Waals surface area contributed by atoms with Crippen LogP contribution in [0.1, 0.15) is 5.56 Å². The molecule has 0 radical (unpaired) electrons. The quantitative estimate of drug-likeness (QED) is 0.729. The lowest BCUT2D eigenvalue weighted by molar-refractivity contribution is 0.665. The number of nitrogens with one attached hydrogen (secondary N) is 1. The van der Waals surface area contributed by atoms with E-state index in [1.54, 1.807) is 0 Å². The molecule has 0 aliphatic rings. The maximum absolute atomic E-state index is 5.87. The van der Waals surface area contributed by atoms with Crippen molar-refractivity contribution < 1.29 is 0 Å². The molecule has 0 aliphatic heterocycles. The lowest BCUT2D eigenvalue weighted by atomic mass is 10.1. The summed E-state index contributed by atoms with van der Waals surface area (Å²) in [5.74, 6) is 0. The van der Waals surface area contributed by atoms with Crippen LogP contribution >= 0.6 is 11.6 Å². The Kier molecular flexibility index (Phi) is 4.00. The van der Waals surface area contributed by atoms with Crippen molar-refractivity contribution in [1.82, 2.24) is 5.32 Å². The fourth-order valence-corrected chi connectivity index (χ4v) is 1.43. The Labute approximate surface area is 84.4 Å². The summed E-state index contributed by atoms with van der Waals surface area (Å²) in [5, 5.41) is 3.95. The summed E-state index contributed by atoms with van der Waals surface area (Å²) in [6.45, 7) is 3.75. The zero-order valence-corrected chi connectivity index (χ0v) is 8.51. The van der Waals surface area contributed by atoms with Crippen molar-refractivity contribution in [3.05, 3.63) is 47.5 Å². The fraction of sp³-hybridized carbons (Fsp3) is 0.273. The van der Waals surface area contributed by atoms with Crippen molar-refractivity contribution in [3.63, 3.8) is 0 Å². The third kappa shape index (κ3) is 3.21. The van der Waals surface area contributed by atoms with Crippen LogP contribution in [-0.2, 0) is 6.42 Å². The van der Waals surface area contributed by atoms with Gasteiger partial charge in [-0.15, -0.1) is 6.58 Å². The Balaban J connectivity index is 2.67. The predicted octanol–water partition coefficient (Wildman–Crippen LogP) is 2.66. The standard InChI is InChI=1S/C11H14ClN/c1-3-11(13-2)8-9-5-4-6-10(12)7-9/h3-7,11,13H,1,8H2,2H3. The van der Waals surface area contributed by atoms with Crippen LogP contribution in [0.25, 0.3) is 0 Å². The molecule has 0 bridgehead atoms. The van der Waals surface area contributed by atoms with Gasteiger partial charge < -0.3 is 5.32 Å². The first kappa shape index (κ1) is 10.3. The van der Waals surface area contributed by atoms with Gasteiger partial charge >= 0.3 is 0 Å². The molecule has 1 unspecified atom stereocenters. The first-order valence-electron chi connectivity index (χ1n) is 4.30. The van der Waals surface area contributed by atoms with Crippen LogP contribution in [0, 0.1) is 0 Å². The summed E-state index contributed by atoms with van der Waals surface area (Å²) in [4.78, 5) is 0. The number of hydrogen-bond donors (Lipinski definition) is 1. The Morgan fingerprint density at radius 1 is 1.62 bits per heavy atom. The topological polar surface area (TPSA) is 12.0 Å². The van der Waals surface area contributed by atoms with Gasteiger partial charge in [0.05, 0.1) is 0 Å². The Hall–Kier alpha value is -0.790. The van der Waals surface area contributed by atoms with Gasteiger partial charge in [0, 0.05) is 11.1 Å². The highest BCUT2D eigenvalue weighted by atomic mass is 35.5. The molecule has 13 heavy (non-hydrogen) atoms. The minimum absolute atomic E-state index is 0.318. The van der Waals surface area contributed by atoms with Crippen molar-refractivity contribution in [2.75, 3.05) is 7.05 Å². The molecule has 0 aliphatic carbocycles. The summed E-state index contributed by atoms with van der Waals surface area (Å²) in [6.07, 6.45) is 2.83.